The average molecular weight is 346 g/mol. The third-order valence-electron chi connectivity index (χ3n) is 4.53. The summed E-state index contributed by atoms with van der Waals surface area (Å²) in [6.45, 7) is 0.469. The van der Waals surface area contributed by atoms with E-state index in [-0.39, 0.29) is 5.56 Å². The molecule has 2 aromatic carbocycles. The molecule has 5 nitrogen and oxygen atoms in total. The number of rotatable bonds is 4. The summed E-state index contributed by atoms with van der Waals surface area (Å²) < 4.78 is 12.3. The number of hydrogen-bond donors (Lipinski definition) is 0. The standard InChI is InChI=1S/C21H18N2O3/c1-25-15-7-5-14(6-8-15)13-23-19-10-9-16(26-2)12-18(19)20-17(21(23)24)4-3-11-22-20/h3-12H,13H2,1-2H3. The molecular formula is C21H18N2O3. The fraction of sp³-hybridized carbons (Fsp3) is 0.143. The second kappa shape index (κ2) is 6.52. The topological polar surface area (TPSA) is 53.4 Å². The van der Waals surface area contributed by atoms with Crippen LogP contribution in [0.2, 0.25) is 0 Å². The van der Waals surface area contributed by atoms with Gasteiger partial charge in [0, 0.05) is 11.6 Å². The van der Waals surface area contributed by atoms with Gasteiger partial charge in [-0.1, -0.05) is 12.1 Å². The molecule has 0 aliphatic heterocycles. The van der Waals surface area contributed by atoms with E-state index in [1.54, 1.807) is 31.0 Å². The number of benzene rings is 2. The largest absolute Gasteiger partial charge is 0.497 e. The van der Waals surface area contributed by atoms with Crippen LogP contribution in [0.25, 0.3) is 21.8 Å². The second-order valence-corrected chi connectivity index (χ2v) is 6.02. The maximum atomic E-state index is 13.1. The molecule has 0 fully saturated rings. The van der Waals surface area contributed by atoms with Gasteiger partial charge in [-0.3, -0.25) is 9.78 Å². The number of methoxy groups -OCH3 is 2. The molecule has 0 saturated carbocycles. The number of fused-ring (bicyclic) bond motifs is 3. The Balaban J connectivity index is 1.97. The smallest absolute Gasteiger partial charge is 0.260 e. The van der Waals surface area contributed by atoms with Crippen molar-refractivity contribution in [3.8, 4) is 11.5 Å². The first-order chi connectivity index (χ1) is 12.7. The van der Waals surface area contributed by atoms with Crippen LogP contribution in [0.5, 0.6) is 11.5 Å². The molecule has 0 unspecified atom stereocenters. The molecule has 4 rings (SSSR count). The predicted molar refractivity (Wildman–Crippen MR) is 102 cm³/mol. The van der Waals surface area contributed by atoms with Gasteiger partial charge in [0.2, 0.25) is 0 Å². The van der Waals surface area contributed by atoms with E-state index in [9.17, 15) is 4.79 Å². The van der Waals surface area contributed by atoms with Crippen molar-refractivity contribution in [3.05, 3.63) is 76.7 Å². The van der Waals surface area contributed by atoms with Gasteiger partial charge in [-0.15, -0.1) is 0 Å². The maximum Gasteiger partial charge on any atom is 0.260 e. The highest BCUT2D eigenvalue weighted by molar-refractivity contribution is 6.03. The van der Waals surface area contributed by atoms with Gasteiger partial charge in [0.25, 0.3) is 5.56 Å². The van der Waals surface area contributed by atoms with Crippen LogP contribution in [0.4, 0.5) is 0 Å². The zero-order valence-corrected chi connectivity index (χ0v) is 14.6. The first-order valence-corrected chi connectivity index (χ1v) is 8.29. The van der Waals surface area contributed by atoms with Gasteiger partial charge < -0.3 is 14.0 Å². The average Bonchev–Trinajstić information content (AvgIpc) is 2.71. The van der Waals surface area contributed by atoms with E-state index in [0.29, 0.717) is 17.4 Å². The molecule has 0 spiro atoms. The van der Waals surface area contributed by atoms with Crippen molar-refractivity contribution >= 4 is 21.8 Å². The van der Waals surface area contributed by atoms with E-state index in [1.807, 2.05) is 48.5 Å². The van der Waals surface area contributed by atoms with E-state index in [0.717, 1.165) is 28.0 Å². The van der Waals surface area contributed by atoms with Crippen LogP contribution in [-0.4, -0.2) is 23.8 Å². The highest BCUT2D eigenvalue weighted by Crippen LogP contribution is 2.26. The van der Waals surface area contributed by atoms with Crippen LogP contribution in [-0.2, 0) is 6.54 Å². The molecular weight excluding hydrogens is 328 g/mol. The Labute approximate surface area is 150 Å². The third kappa shape index (κ3) is 2.67. The van der Waals surface area contributed by atoms with Gasteiger partial charge in [-0.2, -0.15) is 0 Å². The first kappa shape index (κ1) is 16.1. The van der Waals surface area contributed by atoms with E-state index in [1.165, 1.54) is 0 Å². The molecule has 0 atom stereocenters. The summed E-state index contributed by atoms with van der Waals surface area (Å²) in [6, 6.07) is 17.0. The molecule has 0 saturated heterocycles. The Kier molecular flexibility index (Phi) is 4.05. The van der Waals surface area contributed by atoms with Crippen LogP contribution in [0, 0.1) is 0 Å². The summed E-state index contributed by atoms with van der Waals surface area (Å²) in [5.41, 5.74) is 2.49. The molecule has 0 N–H and O–H groups in total. The number of nitrogens with zero attached hydrogens (tertiary/aromatic N) is 2. The van der Waals surface area contributed by atoms with Gasteiger partial charge in [0.05, 0.1) is 37.2 Å². The summed E-state index contributed by atoms with van der Waals surface area (Å²) in [6.07, 6.45) is 1.70. The molecule has 26 heavy (non-hydrogen) atoms. The Morgan fingerprint density at radius 1 is 0.923 bits per heavy atom. The predicted octanol–water partition coefficient (Wildman–Crippen LogP) is 3.62. The van der Waals surface area contributed by atoms with Crippen molar-refractivity contribution in [1.82, 2.24) is 9.55 Å². The molecule has 0 bridgehead atoms. The lowest BCUT2D eigenvalue weighted by Gasteiger charge is -2.14. The maximum absolute atomic E-state index is 13.1. The van der Waals surface area contributed by atoms with Gasteiger partial charge in [0.15, 0.2) is 0 Å². The number of hydrogen-bond acceptors (Lipinski definition) is 4. The summed E-state index contributed by atoms with van der Waals surface area (Å²) in [5, 5.41) is 1.50. The lowest BCUT2D eigenvalue weighted by atomic mass is 10.1. The zero-order valence-electron chi connectivity index (χ0n) is 14.6. The summed E-state index contributed by atoms with van der Waals surface area (Å²) >= 11 is 0. The third-order valence-corrected chi connectivity index (χ3v) is 4.53. The molecule has 0 aliphatic carbocycles. The van der Waals surface area contributed by atoms with Crippen LogP contribution in [0.1, 0.15) is 5.56 Å². The van der Waals surface area contributed by atoms with Crippen LogP contribution >= 0.6 is 0 Å². The summed E-state index contributed by atoms with van der Waals surface area (Å²) in [4.78, 5) is 17.5. The van der Waals surface area contributed by atoms with Gasteiger partial charge in [-0.25, -0.2) is 0 Å². The quantitative estimate of drug-likeness (QED) is 0.530. The second-order valence-electron chi connectivity index (χ2n) is 6.02. The molecule has 130 valence electrons. The number of pyridine rings is 2. The number of ether oxygens (including phenoxy) is 2. The fourth-order valence-corrected chi connectivity index (χ4v) is 3.18. The Morgan fingerprint density at radius 2 is 1.65 bits per heavy atom. The van der Waals surface area contributed by atoms with Gasteiger partial charge in [0.1, 0.15) is 11.5 Å². The minimum Gasteiger partial charge on any atom is -0.497 e. The summed E-state index contributed by atoms with van der Waals surface area (Å²) in [5.74, 6) is 1.53. The Bertz CT molecular complexity index is 1150. The fourth-order valence-electron chi connectivity index (χ4n) is 3.18. The lowest BCUT2D eigenvalue weighted by Crippen LogP contribution is -2.21. The molecule has 0 aliphatic rings. The zero-order chi connectivity index (χ0) is 18.1. The van der Waals surface area contributed by atoms with Crippen LogP contribution in [0.15, 0.2) is 65.6 Å². The summed E-state index contributed by atoms with van der Waals surface area (Å²) in [7, 11) is 3.26. The Morgan fingerprint density at radius 3 is 2.38 bits per heavy atom. The van der Waals surface area contributed by atoms with Gasteiger partial charge >= 0.3 is 0 Å². The van der Waals surface area contributed by atoms with Gasteiger partial charge in [-0.05, 0) is 48.0 Å². The molecule has 5 heteroatoms. The SMILES string of the molecule is COc1ccc(Cn2c(=O)c3cccnc3c3cc(OC)ccc32)cc1. The first-order valence-electron chi connectivity index (χ1n) is 8.29. The van der Waals surface area contributed by atoms with E-state index in [4.69, 9.17) is 9.47 Å². The molecule has 0 radical (unpaired) electrons. The minimum absolute atomic E-state index is 0.0541. The van der Waals surface area contributed by atoms with E-state index < -0.39 is 0 Å². The van der Waals surface area contributed by atoms with E-state index in [2.05, 4.69) is 4.98 Å². The van der Waals surface area contributed by atoms with Crippen molar-refractivity contribution in [1.29, 1.82) is 0 Å². The van der Waals surface area contributed by atoms with Crippen molar-refractivity contribution in [3.63, 3.8) is 0 Å². The highest BCUT2D eigenvalue weighted by atomic mass is 16.5. The molecule has 4 aromatic rings. The molecule has 2 heterocycles. The minimum atomic E-state index is -0.0541. The van der Waals surface area contributed by atoms with Crippen molar-refractivity contribution in [2.75, 3.05) is 14.2 Å². The van der Waals surface area contributed by atoms with Crippen molar-refractivity contribution in [2.24, 2.45) is 0 Å². The van der Waals surface area contributed by atoms with Crippen molar-refractivity contribution in [2.45, 2.75) is 6.54 Å². The van der Waals surface area contributed by atoms with Crippen LogP contribution < -0.4 is 15.0 Å². The molecule has 0 amide bonds. The van der Waals surface area contributed by atoms with Crippen LogP contribution in [0.3, 0.4) is 0 Å². The monoisotopic (exact) mass is 346 g/mol. The van der Waals surface area contributed by atoms with E-state index >= 15 is 0 Å². The normalized spacial score (nSPS) is 11.0. The lowest BCUT2D eigenvalue weighted by molar-refractivity contribution is 0.414. The Hall–Kier alpha value is -3.34. The highest BCUT2D eigenvalue weighted by Gasteiger charge is 2.13. The number of aromatic nitrogens is 2. The molecule has 2 aromatic heterocycles. The van der Waals surface area contributed by atoms with Crippen molar-refractivity contribution < 1.29 is 9.47 Å².